The number of benzene rings is 2. The van der Waals surface area contributed by atoms with Gasteiger partial charge in [0.25, 0.3) is 11.5 Å². The van der Waals surface area contributed by atoms with E-state index in [9.17, 15) is 33.8 Å². The number of amides is 2. The fourth-order valence-electron chi connectivity index (χ4n) is 11.5. The van der Waals surface area contributed by atoms with Gasteiger partial charge in [-0.15, -0.1) is 0 Å². The molecule has 3 aliphatic heterocycles. The van der Waals surface area contributed by atoms with Crippen LogP contribution in [0.15, 0.2) is 78.4 Å². The summed E-state index contributed by atoms with van der Waals surface area (Å²) in [6, 6.07) is 15.6. The second-order valence-corrected chi connectivity index (χ2v) is 22.8. The van der Waals surface area contributed by atoms with Crippen molar-refractivity contribution in [2.75, 3.05) is 58.1 Å². The molecule has 0 spiro atoms. The van der Waals surface area contributed by atoms with Gasteiger partial charge in [-0.3, -0.25) is 24.2 Å². The summed E-state index contributed by atoms with van der Waals surface area (Å²) in [5.41, 5.74) is 6.49. The van der Waals surface area contributed by atoms with Gasteiger partial charge in [-0.25, -0.2) is 19.6 Å². The molecule has 0 saturated carbocycles. The number of hydrogen-bond donors (Lipinski definition) is 6. The zero-order valence-corrected chi connectivity index (χ0v) is 43.6. The lowest BCUT2D eigenvalue weighted by atomic mass is 9.90. The van der Waals surface area contributed by atoms with Gasteiger partial charge in [0.1, 0.15) is 11.5 Å². The van der Waals surface area contributed by atoms with Gasteiger partial charge < -0.3 is 44.5 Å². The van der Waals surface area contributed by atoms with Crippen LogP contribution in [0.1, 0.15) is 87.3 Å². The first-order chi connectivity index (χ1) is 34.0. The average Bonchev–Trinajstić information content (AvgIpc) is 3.81. The first-order valence-electron chi connectivity index (χ1n) is 24.5. The van der Waals surface area contributed by atoms with Gasteiger partial charge in [-0.1, -0.05) is 32.0 Å². The number of carbonyl (C=O) groups is 2. The number of aliphatic hydroxyl groups is 1. The van der Waals surface area contributed by atoms with Crippen LogP contribution in [0.2, 0.25) is 5.02 Å². The van der Waals surface area contributed by atoms with Gasteiger partial charge in [0, 0.05) is 116 Å². The highest BCUT2D eigenvalue weighted by molar-refractivity contribution is 7.49. The molecule has 2 fully saturated rings. The number of carbonyl (C=O) groups excluding carboxylic acids is 2. The van der Waals surface area contributed by atoms with Crippen molar-refractivity contribution >= 4 is 65.5 Å². The molecule has 3 atom stereocenters. The Morgan fingerprint density at radius 2 is 1.78 bits per heavy atom. The quantitative estimate of drug-likeness (QED) is 0.0522. The number of aryl methyl sites for hydroxylation is 1. The number of nitrogens with zero attached hydrogens (tertiary/aromatic N) is 8. The fraction of sp³-hybridized carbons (Fsp3) is 0.442. The van der Waals surface area contributed by atoms with E-state index in [0.29, 0.717) is 76.0 Å². The maximum atomic E-state index is 14.1. The van der Waals surface area contributed by atoms with E-state index in [-0.39, 0.29) is 35.1 Å². The summed E-state index contributed by atoms with van der Waals surface area (Å²) in [4.78, 5) is 78.2. The van der Waals surface area contributed by atoms with E-state index in [2.05, 4.69) is 74.2 Å². The molecule has 1 unspecified atom stereocenters. The van der Waals surface area contributed by atoms with Crippen molar-refractivity contribution in [1.82, 2.24) is 29.1 Å². The van der Waals surface area contributed by atoms with Crippen LogP contribution >= 0.6 is 19.3 Å². The Morgan fingerprint density at radius 1 is 1.00 bits per heavy atom. The molecule has 6 N–H and O–H groups in total. The highest BCUT2D eigenvalue weighted by Crippen LogP contribution is 2.43. The molecule has 5 aromatic rings. The molecule has 0 radical (unpaired) electrons. The number of piperazine rings is 1. The third-order valence-electron chi connectivity index (χ3n) is 14.8. The predicted molar refractivity (Wildman–Crippen MR) is 282 cm³/mol. The zero-order chi connectivity index (χ0) is 51.6. The Bertz CT molecular complexity index is 3080. The van der Waals surface area contributed by atoms with E-state index in [1.165, 1.54) is 21.9 Å². The molecular weight excluding hydrogens is 957 g/mol. The van der Waals surface area contributed by atoms with E-state index in [1.807, 2.05) is 30.3 Å². The third-order valence-corrected chi connectivity index (χ3v) is 16.0. The normalized spacial score (nSPS) is 20.3. The number of piperidine rings is 1. The molecular formula is C52H65ClN11O7P. The SMILES string of the molecule is C=CC(=O)Nc1cc(Nc2nc(-c3ccnc(N4CCn5c(cc6c5CC(C)(C)C6)C4=O)c3CO)cn(C)c2=O)ccc1N1CCN(C2CCN(c3ccc(Cl)c(C(C)(C)NP(=O)(O)O)c3)[C@H](C)C2)C[C@@H]1C. The van der Waals surface area contributed by atoms with Crippen LogP contribution in [-0.2, 0) is 47.9 Å². The average molecular weight is 1020 g/mol. The summed E-state index contributed by atoms with van der Waals surface area (Å²) >= 11 is 6.57. The Morgan fingerprint density at radius 3 is 2.49 bits per heavy atom. The zero-order valence-electron chi connectivity index (χ0n) is 41.9. The van der Waals surface area contributed by atoms with Crippen LogP contribution in [0.5, 0.6) is 0 Å². The number of nitrogens with one attached hydrogen (secondary N) is 3. The molecule has 20 heteroatoms. The van der Waals surface area contributed by atoms with E-state index in [1.54, 1.807) is 56.4 Å². The molecule has 6 heterocycles. The van der Waals surface area contributed by atoms with Crippen molar-refractivity contribution in [2.24, 2.45) is 12.5 Å². The Kier molecular flexibility index (Phi) is 13.9. The summed E-state index contributed by atoms with van der Waals surface area (Å²) in [5.74, 6) is -0.192. The maximum Gasteiger partial charge on any atom is 0.401 e. The van der Waals surface area contributed by atoms with Crippen LogP contribution in [0.25, 0.3) is 11.3 Å². The molecule has 4 aliphatic rings. The smallest absolute Gasteiger partial charge is 0.392 e. The van der Waals surface area contributed by atoms with Crippen LogP contribution in [0.3, 0.4) is 0 Å². The predicted octanol–water partition coefficient (Wildman–Crippen LogP) is 6.93. The lowest BCUT2D eigenvalue weighted by molar-refractivity contribution is -0.111. The molecule has 18 nitrogen and oxygen atoms in total. The second-order valence-electron chi connectivity index (χ2n) is 21.1. The number of rotatable bonds is 13. The van der Waals surface area contributed by atoms with Gasteiger partial charge in [-0.05, 0) is 125 Å². The van der Waals surface area contributed by atoms with E-state index in [0.717, 1.165) is 56.7 Å². The van der Waals surface area contributed by atoms with E-state index in [4.69, 9.17) is 16.6 Å². The summed E-state index contributed by atoms with van der Waals surface area (Å²) in [6.07, 6.45) is 8.07. The van der Waals surface area contributed by atoms with Crippen molar-refractivity contribution in [3.63, 3.8) is 0 Å². The Hall–Kier alpha value is -5.85. The monoisotopic (exact) mass is 1020 g/mol. The lowest BCUT2D eigenvalue weighted by Crippen LogP contribution is -2.58. The van der Waals surface area contributed by atoms with E-state index < -0.39 is 25.5 Å². The van der Waals surface area contributed by atoms with Gasteiger partial charge in [-0.2, -0.15) is 0 Å². The molecule has 0 bridgehead atoms. The fourth-order valence-corrected chi connectivity index (χ4v) is 12.7. The van der Waals surface area contributed by atoms with Crippen molar-refractivity contribution in [3.05, 3.63) is 117 Å². The minimum atomic E-state index is -4.53. The van der Waals surface area contributed by atoms with Gasteiger partial charge in [0.15, 0.2) is 5.82 Å². The molecule has 2 saturated heterocycles. The van der Waals surface area contributed by atoms with Crippen molar-refractivity contribution in [2.45, 2.75) is 104 Å². The maximum absolute atomic E-state index is 14.1. The first kappa shape index (κ1) is 51.1. The summed E-state index contributed by atoms with van der Waals surface area (Å²) in [5, 5.41) is 19.9. The molecule has 1 aliphatic carbocycles. The topological polar surface area (TPSA) is 214 Å². The van der Waals surface area contributed by atoms with Gasteiger partial charge >= 0.3 is 7.75 Å². The molecule has 2 aromatic carbocycles. The van der Waals surface area contributed by atoms with Crippen molar-refractivity contribution < 1.29 is 29.0 Å². The summed E-state index contributed by atoms with van der Waals surface area (Å²) in [6.45, 7) is 19.6. The molecule has 2 amide bonds. The number of hydrogen-bond acceptors (Lipinski definition) is 11. The summed E-state index contributed by atoms with van der Waals surface area (Å²) < 4.78 is 15.4. The number of halogens is 1. The minimum absolute atomic E-state index is 0.0230. The standard InChI is InChI=1S/C52H65ClN11O7P/c1-9-46(66)56-41-24-34(10-13-43(41)62-19-18-60(28-32(62)3)35-15-17-61(31(2)22-35)36-11-12-40(53)39(25-36)52(6,7)58-72(69,70)71)55-47-50(68)59(8)29-42(57-47)37-14-16-54-48(38(37)30-65)64-21-20-63-44(49(64)67)23-33-26-51(4,5)27-45(33)63/h9-14,16,23-25,29,31-32,35,65H,1,15,17-22,26-28,30H2,2-8H3,(H,55,57)(H,56,66)(H3,58,69,70,71)/t31-,32+,35?/m1/s1. The Balaban J connectivity index is 0.907. The second kappa shape index (κ2) is 19.5. The first-order valence-corrected chi connectivity index (χ1v) is 26.5. The van der Waals surface area contributed by atoms with Crippen LogP contribution in [0, 0.1) is 5.41 Å². The van der Waals surface area contributed by atoms with Gasteiger partial charge in [0.05, 0.1) is 23.7 Å². The minimum Gasteiger partial charge on any atom is -0.392 e. The van der Waals surface area contributed by atoms with Crippen LogP contribution in [0.4, 0.5) is 34.4 Å². The van der Waals surface area contributed by atoms with Crippen LogP contribution in [-0.4, -0.2) is 102 Å². The molecule has 382 valence electrons. The number of aromatic nitrogens is 4. The number of anilines is 6. The lowest BCUT2D eigenvalue weighted by Gasteiger charge is -2.48. The molecule has 72 heavy (non-hydrogen) atoms. The highest BCUT2D eigenvalue weighted by atomic mass is 35.5. The van der Waals surface area contributed by atoms with E-state index >= 15 is 0 Å². The van der Waals surface area contributed by atoms with Crippen molar-refractivity contribution in [3.8, 4) is 11.3 Å². The van der Waals surface area contributed by atoms with Gasteiger partial charge in [0.2, 0.25) is 5.91 Å². The number of fused-ring (bicyclic) bond motifs is 3. The van der Waals surface area contributed by atoms with Crippen molar-refractivity contribution in [1.29, 1.82) is 0 Å². The van der Waals surface area contributed by atoms with Crippen LogP contribution < -0.4 is 36.0 Å². The molecule has 3 aromatic heterocycles. The Labute approximate surface area is 424 Å². The third kappa shape index (κ3) is 10.1. The number of pyridine rings is 1. The summed E-state index contributed by atoms with van der Waals surface area (Å²) in [7, 11) is -2.90. The number of aliphatic hydroxyl groups excluding tert-OH is 1. The largest absolute Gasteiger partial charge is 0.401 e. The highest BCUT2D eigenvalue weighted by Gasteiger charge is 2.39. The molecule has 9 rings (SSSR count).